The molecule has 0 aromatic rings. The van der Waals surface area contributed by atoms with Gasteiger partial charge in [-0.05, 0) is 6.42 Å². The number of fused-ring (bicyclic) bond motifs is 1. The van der Waals surface area contributed by atoms with Crippen LogP contribution >= 0.6 is 0 Å². The summed E-state index contributed by atoms with van der Waals surface area (Å²) >= 11 is 0. The van der Waals surface area contributed by atoms with Gasteiger partial charge >= 0.3 is 0 Å². The van der Waals surface area contributed by atoms with E-state index < -0.39 is 0 Å². The molecular formula is C8H14N3+. The van der Waals surface area contributed by atoms with Crippen molar-refractivity contribution in [3.05, 3.63) is 12.4 Å². The van der Waals surface area contributed by atoms with Crippen LogP contribution in [-0.2, 0) is 0 Å². The third kappa shape index (κ3) is 0.708. The van der Waals surface area contributed by atoms with E-state index in [9.17, 15) is 0 Å². The molecule has 11 heavy (non-hydrogen) atoms. The highest BCUT2D eigenvalue weighted by Crippen LogP contribution is 2.29. The average molecular weight is 152 g/mol. The summed E-state index contributed by atoms with van der Waals surface area (Å²) in [5, 5.41) is 2.02. The zero-order valence-electron chi connectivity index (χ0n) is 6.95. The lowest BCUT2D eigenvalue weighted by atomic mass is 10.3. The number of nitrogens with zero attached hydrogens (tertiary/aromatic N) is 3. The minimum atomic E-state index is 0.479. The van der Waals surface area contributed by atoms with Crippen molar-refractivity contribution in [2.75, 3.05) is 13.6 Å². The van der Waals surface area contributed by atoms with Crippen LogP contribution in [0.15, 0.2) is 12.4 Å². The quantitative estimate of drug-likeness (QED) is 0.466. The van der Waals surface area contributed by atoms with E-state index in [1.165, 1.54) is 12.8 Å². The number of hydrazone groups is 1. The van der Waals surface area contributed by atoms with Crippen LogP contribution in [0.5, 0.6) is 0 Å². The molecule has 0 amide bonds. The first-order valence-corrected chi connectivity index (χ1v) is 4.01. The van der Waals surface area contributed by atoms with E-state index in [-0.39, 0.29) is 0 Å². The molecule has 0 aliphatic carbocycles. The predicted molar refractivity (Wildman–Crippen MR) is 44.0 cm³/mol. The lowest BCUT2D eigenvalue weighted by molar-refractivity contribution is -0.680. The number of rotatable bonds is 0. The summed E-state index contributed by atoms with van der Waals surface area (Å²) < 4.78 is 2.01. The summed E-state index contributed by atoms with van der Waals surface area (Å²) in [6.45, 7) is 9.11. The van der Waals surface area contributed by atoms with E-state index in [0.717, 1.165) is 12.4 Å². The zero-order chi connectivity index (χ0) is 8.01. The second kappa shape index (κ2) is 2.00. The van der Waals surface area contributed by atoms with Crippen LogP contribution in [0.1, 0.15) is 12.8 Å². The maximum Gasteiger partial charge on any atom is 0.258 e. The Labute approximate surface area is 67.2 Å². The van der Waals surface area contributed by atoms with Crippen LogP contribution < -0.4 is 0 Å². The Kier molecular flexibility index (Phi) is 1.22. The Bertz CT molecular complexity index is 199. The molecule has 2 rings (SSSR count). The van der Waals surface area contributed by atoms with Gasteiger partial charge < -0.3 is 0 Å². The molecule has 0 spiro atoms. The Morgan fingerprint density at radius 3 is 3.00 bits per heavy atom. The first kappa shape index (κ1) is 6.70. The van der Waals surface area contributed by atoms with Crippen molar-refractivity contribution in [1.82, 2.24) is 9.91 Å². The van der Waals surface area contributed by atoms with Crippen LogP contribution in [-0.4, -0.2) is 41.1 Å². The average Bonchev–Trinajstić information content (AvgIpc) is 2.53. The summed E-state index contributed by atoms with van der Waals surface area (Å²) in [5.74, 6) is 1.09. The van der Waals surface area contributed by atoms with Crippen LogP contribution in [0.4, 0.5) is 0 Å². The molecule has 0 aromatic carbocycles. The van der Waals surface area contributed by atoms with Crippen LogP contribution in [0.2, 0.25) is 0 Å². The fraction of sp³-hybridized carbons (Fsp3) is 0.625. The number of hydrogen-bond donors (Lipinski definition) is 0. The number of hydrogen-bond acceptors (Lipinski definition) is 2. The molecule has 0 aromatic heterocycles. The van der Waals surface area contributed by atoms with Gasteiger partial charge in [0.1, 0.15) is 0 Å². The van der Waals surface area contributed by atoms with Crippen molar-refractivity contribution in [3.8, 4) is 0 Å². The molecule has 2 aliphatic heterocycles. The molecule has 2 heterocycles. The van der Waals surface area contributed by atoms with Gasteiger partial charge in [0.05, 0.1) is 7.05 Å². The molecule has 0 saturated carbocycles. The topological polar surface area (TPSA) is 9.49 Å². The van der Waals surface area contributed by atoms with Crippen LogP contribution in [0.25, 0.3) is 0 Å². The molecule has 0 N–H and O–H groups in total. The van der Waals surface area contributed by atoms with Crippen molar-refractivity contribution in [2.45, 2.75) is 19.0 Å². The van der Waals surface area contributed by atoms with Gasteiger partial charge in [0.15, 0.2) is 12.5 Å². The number of hydrazine groups is 1. The third-order valence-electron chi connectivity index (χ3n) is 2.66. The maximum atomic E-state index is 4.00. The Morgan fingerprint density at radius 1 is 1.64 bits per heavy atom. The monoisotopic (exact) mass is 152 g/mol. The largest absolute Gasteiger partial charge is 0.294 e. The Balaban J connectivity index is 2.30. The van der Waals surface area contributed by atoms with Gasteiger partial charge in [0, 0.05) is 13.0 Å². The normalized spacial score (nSPS) is 30.1. The molecule has 3 nitrogen and oxygen atoms in total. The van der Waals surface area contributed by atoms with Crippen molar-refractivity contribution in [1.29, 1.82) is 0 Å². The second-order valence-electron chi connectivity index (χ2n) is 3.20. The molecule has 2 aliphatic rings. The highest BCUT2D eigenvalue weighted by atomic mass is 15.7. The van der Waals surface area contributed by atoms with Gasteiger partial charge in [-0.2, -0.15) is 0 Å². The molecule has 1 atom stereocenters. The van der Waals surface area contributed by atoms with Gasteiger partial charge in [-0.1, -0.05) is 11.3 Å². The van der Waals surface area contributed by atoms with E-state index >= 15 is 0 Å². The first-order valence-electron chi connectivity index (χ1n) is 4.01. The summed E-state index contributed by atoms with van der Waals surface area (Å²) in [4.78, 5) is 2.31. The van der Waals surface area contributed by atoms with Gasteiger partial charge in [-0.3, -0.25) is 4.90 Å². The van der Waals surface area contributed by atoms with Crippen molar-refractivity contribution in [3.63, 3.8) is 0 Å². The highest BCUT2D eigenvalue weighted by molar-refractivity contribution is 5.16. The smallest absolute Gasteiger partial charge is 0.258 e. The Hall–Kier alpha value is -0.990. The standard InChI is InChI=1S/C8H14N3/c1-7-9(2)10(3)8-5-4-6-11(7)8/h8H,1,3-6H2,2H3/q+1. The summed E-state index contributed by atoms with van der Waals surface area (Å²) in [7, 11) is 2.01. The van der Waals surface area contributed by atoms with Gasteiger partial charge in [-0.25, -0.2) is 0 Å². The van der Waals surface area contributed by atoms with E-state index in [2.05, 4.69) is 18.2 Å². The van der Waals surface area contributed by atoms with Gasteiger partial charge in [-0.15, -0.1) is 5.01 Å². The van der Waals surface area contributed by atoms with Crippen molar-refractivity contribution < 1.29 is 4.68 Å². The van der Waals surface area contributed by atoms with Gasteiger partial charge in [0.25, 0.3) is 6.17 Å². The third-order valence-corrected chi connectivity index (χ3v) is 2.66. The SMILES string of the molecule is C=C1N2CCCC2[N+](=C)N1C. The molecule has 1 unspecified atom stereocenters. The maximum absolute atomic E-state index is 4.00. The van der Waals surface area contributed by atoms with E-state index in [0.29, 0.717) is 6.17 Å². The highest BCUT2D eigenvalue weighted by Gasteiger charge is 2.44. The first-order chi connectivity index (χ1) is 5.22. The molecular weight excluding hydrogens is 138 g/mol. The second-order valence-corrected chi connectivity index (χ2v) is 3.20. The molecule has 0 bridgehead atoms. The molecule has 60 valence electrons. The lowest BCUT2D eigenvalue weighted by Crippen LogP contribution is -2.28. The van der Waals surface area contributed by atoms with Gasteiger partial charge in [0.2, 0.25) is 0 Å². The van der Waals surface area contributed by atoms with Crippen LogP contribution in [0.3, 0.4) is 0 Å². The van der Waals surface area contributed by atoms with E-state index in [1.54, 1.807) is 0 Å². The fourth-order valence-corrected chi connectivity index (χ4v) is 1.89. The molecule has 3 heteroatoms. The van der Waals surface area contributed by atoms with E-state index in [4.69, 9.17) is 0 Å². The Morgan fingerprint density at radius 2 is 2.36 bits per heavy atom. The summed E-state index contributed by atoms with van der Waals surface area (Å²) in [6.07, 6.45) is 2.96. The predicted octanol–water partition coefficient (Wildman–Crippen LogP) is 0.453. The van der Waals surface area contributed by atoms with Crippen LogP contribution in [0, 0.1) is 0 Å². The minimum absolute atomic E-state index is 0.479. The summed E-state index contributed by atoms with van der Waals surface area (Å²) in [5.41, 5.74) is 0. The molecule has 2 saturated heterocycles. The van der Waals surface area contributed by atoms with Crippen molar-refractivity contribution in [2.24, 2.45) is 0 Å². The summed E-state index contributed by atoms with van der Waals surface area (Å²) in [6, 6.07) is 0. The fourth-order valence-electron chi connectivity index (χ4n) is 1.89. The van der Waals surface area contributed by atoms with E-state index in [1.807, 2.05) is 16.7 Å². The minimum Gasteiger partial charge on any atom is -0.294 e. The molecule has 0 radical (unpaired) electrons. The lowest BCUT2D eigenvalue weighted by Gasteiger charge is -2.09. The zero-order valence-corrected chi connectivity index (χ0v) is 6.95. The molecule has 2 fully saturated rings. The van der Waals surface area contributed by atoms with Crippen molar-refractivity contribution >= 4 is 6.72 Å².